The van der Waals surface area contributed by atoms with Crippen molar-refractivity contribution in [1.29, 1.82) is 0 Å². The van der Waals surface area contributed by atoms with Gasteiger partial charge in [0.05, 0.1) is 24.8 Å². The lowest BCUT2D eigenvalue weighted by atomic mass is 9.94. The Hall–Kier alpha value is -0.810. The van der Waals surface area contributed by atoms with Crippen LogP contribution in [0.5, 0.6) is 0 Å². The van der Waals surface area contributed by atoms with Crippen LogP contribution < -0.4 is 0 Å². The third kappa shape index (κ3) is 1.36. The first-order valence-electron chi connectivity index (χ1n) is 4.97. The van der Waals surface area contributed by atoms with E-state index in [-0.39, 0.29) is 24.8 Å². The zero-order valence-corrected chi connectivity index (χ0v) is 8.09. The van der Waals surface area contributed by atoms with E-state index in [0.29, 0.717) is 6.42 Å². The lowest BCUT2D eigenvalue weighted by Gasteiger charge is -2.35. The highest BCUT2D eigenvalue weighted by atomic mass is 16.6. The first kappa shape index (κ1) is 9.73. The van der Waals surface area contributed by atoms with Gasteiger partial charge in [0.15, 0.2) is 0 Å². The van der Waals surface area contributed by atoms with Gasteiger partial charge >= 0.3 is 6.09 Å². The minimum Gasteiger partial charge on any atom is -0.444 e. The number of ether oxygens (including phenoxy) is 1. The zero-order valence-electron chi connectivity index (χ0n) is 8.09. The number of amides is 1. The van der Waals surface area contributed by atoms with Crippen molar-refractivity contribution in [3.8, 4) is 0 Å². The zero-order chi connectivity index (χ0) is 10.3. The molecule has 2 heterocycles. The number of carbonyl (C=O) groups excluding carboxylic acids is 1. The summed E-state index contributed by atoms with van der Waals surface area (Å²) < 4.78 is 5.12. The van der Waals surface area contributed by atoms with Gasteiger partial charge in [-0.15, -0.1) is 0 Å². The molecule has 0 bridgehead atoms. The first-order valence-corrected chi connectivity index (χ1v) is 4.97. The molecule has 0 aromatic rings. The summed E-state index contributed by atoms with van der Waals surface area (Å²) >= 11 is 0. The van der Waals surface area contributed by atoms with Gasteiger partial charge in [0, 0.05) is 6.42 Å². The molecule has 0 radical (unpaired) electrons. The Bertz CT molecular complexity index is 245. The monoisotopic (exact) mass is 201 g/mol. The quantitative estimate of drug-likeness (QED) is 0.611. The summed E-state index contributed by atoms with van der Waals surface area (Å²) in [6.07, 6.45) is -0.923. The number of nitrogens with zero attached hydrogens (tertiary/aromatic N) is 1. The van der Waals surface area contributed by atoms with E-state index in [0.717, 1.165) is 6.42 Å². The number of aliphatic hydroxyl groups excluding tert-OH is 2. The Balaban J connectivity index is 2.13. The number of cyclic esters (lactones) is 1. The highest BCUT2D eigenvalue weighted by molar-refractivity contribution is 5.71. The third-order valence-electron chi connectivity index (χ3n) is 3.03. The van der Waals surface area contributed by atoms with E-state index in [1.807, 2.05) is 6.92 Å². The summed E-state index contributed by atoms with van der Waals surface area (Å²) in [6, 6.07) is -0.0640. The molecule has 5 nitrogen and oxygen atoms in total. The Morgan fingerprint density at radius 1 is 1.50 bits per heavy atom. The Morgan fingerprint density at radius 3 is 2.86 bits per heavy atom. The molecule has 2 saturated heterocycles. The van der Waals surface area contributed by atoms with Crippen LogP contribution in [-0.4, -0.2) is 52.1 Å². The molecule has 80 valence electrons. The van der Waals surface area contributed by atoms with Crippen molar-refractivity contribution in [2.24, 2.45) is 0 Å². The highest BCUT2D eigenvalue weighted by Crippen LogP contribution is 2.30. The summed E-state index contributed by atoms with van der Waals surface area (Å²) in [5.74, 6) is 0. The SMILES string of the molecule is CC[C@@H]1OC(=O)N2C[C@H](O)[C@H](O)C[C@@H]12. The molecule has 4 atom stereocenters. The summed E-state index contributed by atoms with van der Waals surface area (Å²) in [5, 5.41) is 18.9. The van der Waals surface area contributed by atoms with Crippen molar-refractivity contribution >= 4 is 6.09 Å². The largest absolute Gasteiger partial charge is 0.444 e. The van der Waals surface area contributed by atoms with Crippen LogP contribution in [0.4, 0.5) is 4.79 Å². The lowest BCUT2D eigenvalue weighted by molar-refractivity contribution is -0.0443. The second-order valence-electron chi connectivity index (χ2n) is 3.92. The molecule has 0 aliphatic carbocycles. The van der Waals surface area contributed by atoms with Gasteiger partial charge in [-0.25, -0.2) is 4.79 Å². The van der Waals surface area contributed by atoms with Crippen molar-refractivity contribution in [3.63, 3.8) is 0 Å². The van der Waals surface area contributed by atoms with Gasteiger partial charge in [-0.2, -0.15) is 0 Å². The van der Waals surface area contributed by atoms with E-state index < -0.39 is 12.2 Å². The van der Waals surface area contributed by atoms with E-state index in [4.69, 9.17) is 4.74 Å². The van der Waals surface area contributed by atoms with E-state index in [2.05, 4.69) is 0 Å². The fraction of sp³-hybridized carbons (Fsp3) is 0.889. The van der Waals surface area contributed by atoms with Crippen LogP contribution in [0.1, 0.15) is 19.8 Å². The average Bonchev–Trinajstić information content (AvgIpc) is 2.45. The molecular formula is C9H15NO4. The van der Waals surface area contributed by atoms with Gasteiger partial charge in [-0.1, -0.05) is 6.92 Å². The molecule has 14 heavy (non-hydrogen) atoms. The van der Waals surface area contributed by atoms with Crippen LogP contribution in [-0.2, 0) is 4.74 Å². The van der Waals surface area contributed by atoms with Gasteiger partial charge < -0.3 is 14.9 Å². The number of piperidine rings is 1. The van der Waals surface area contributed by atoms with Crippen molar-refractivity contribution in [2.75, 3.05) is 6.54 Å². The minimum atomic E-state index is -0.839. The first-order chi connectivity index (χ1) is 6.63. The minimum absolute atomic E-state index is 0.0640. The van der Waals surface area contributed by atoms with Crippen LogP contribution in [0.2, 0.25) is 0 Å². The molecule has 2 N–H and O–H groups in total. The molecule has 2 rings (SSSR count). The molecule has 5 heteroatoms. The fourth-order valence-electron chi connectivity index (χ4n) is 2.18. The predicted octanol–water partition coefficient (Wildman–Crippen LogP) is -0.289. The van der Waals surface area contributed by atoms with E-state index in [1.54, 1.807) is 0 Å². The molecule has 0 aromatic carbocycles. The van der Waals surface area contributed by atoms with Gasteiger partial charge in [0.25, 0.3) is 0 Å². The van der Waals surface area contributed by atoms with Crippen LogP contribution in [0.3, 0.4) is 0 Å². The van der Waals surface area contributed by atoms with Crippen molar-refractivity contribution < 1.29 is 19.7 Å². The molecule has 0 spiro atoms. The Labute approximate surface area is 82.3 Å². The molecule has 2 aliphatic rings. The van der Waals surface area contributed by atoms with Crippen LogP contribution >= 0.6 is 0 Å². The molecule has 1 amide bonds. The van der Waals surface area contributed by atoms with Crippen molar-refractivity contribution in [2.45, 2.75) is 44.1 Å². The van der Waals surface area contributed by atoms with Crippen molar-refractivity contribution in [3.05, 3.63) is 0 Å². The van der Waals surface area contributed by atoms with E-state index in [9.17, 15) is 15.0 Å². The number of aliphatic hydroxyl groups is 2. The van der Waals surface area contributed by atoms with E-state index in [1.165, 1.54) is 4.90 Å². The summed E-state index contributed by atoms with van der Waals surface area (Å²) in [7, 11) is 0. The average molecular weight is 201 g/mol. The second kappa shape index (κ2) is 3.40. The fourth-order valence-corrected chi connectivity index (χ4v) is 2.18. The topological polar surface area (TPSA) is 70.0 Å². The van der Waals surface area contributed by atoms with Gasteiger partial charge in [0.2, 0.25) is 0 Å². The third-order valence-corrected chi connectivity index (χ3v) is 3.03. The molecule has 0 saturated carbocycles. The molecule has 0 aromatic heterocycles. The van der Waals surface area contributed by atoms with Gasteiger partial charge in [-0.3, -0.25) is 4.90 Å². The summed E-state index contributed by atoms with van der Waals surface area (Å²) in [6.45, 7) is 2.13. The Kier molecular flexibility index (Phi) is 2.36. The maximum Gasteiger partial charge on any atom is 0.410 e. The number of hydrogen-bond acceptors (Lipinski definition) is 4. The highest BCUT2D eigenvalue weighted by Gasteiger charge is 2.46. The number of fused-ring (bicyclic) bond motifs is 1. The molecular weight excluding hydrogens is 186 g/mol. The van der Waals surface area contributed by atoms with Crippen LogP contribution in [0.25, 0.3) is 0 Å². The van der Waals surface area contributed by atoms with Crippen LogP contribution in [0, 0.1) is 0 Å². The number of hydrogen-bond donors (Lipinski definition) is 2. The lowest BCUT2D eigenvalue weighted by Crippen LogP contribution is -2.52. The maximum atomic E-state index is 11.3. The molecule has 0 unspecified atom stereocenters. The maximum absolute atomic E-state index is 11.3. The summed E-state index contributed by atoms with van der Waals surface area (Å²) in [4.78, 5) is 12.9. The van der Waals surface area contributed by atoms with E-state index >= 15 is 0 Å². The predicted molar refractivity (Wildman–Crippen MR) is 47.7 cm³/mol. The normalized spacial score (nSPS) is 42.2. The molecule has 2 aliphatic heterocycles. The van der Waals surface area contributed by atoms with Gasteiger partial charge in [0.1, 0.15) is 6.10 Å². The molecule has 2 fully saturated rings. The summed E-state index contributed by atoms with van der Waals surface area (Å²) in [5.41, 5.74) is 0. The standard InChI is InChI=1S/C9H15NO4/c1-2-8-5-3-6(11)7(12)4-10(5)9(13)14-8/h5-8,11-12H,2-4H2,1H3/t5-,6+,7-,8-/m0/s1. The second-order valence-corrected chi connectivity index (χ2v) is 3.92. The van der Waals surface area contributed by atoms with Crippen LogP contribution in [0.15, 0.2) is 0 Å². The number of rotatable bonds is 1. The number of carbonyl (C=O) groups is 1. The van der Waals surface area contributed by atoms with Crippen molar-refractivity contribution in [1.82, 2.24) is 4.90 Å². The Morgan fingerprint density at radius 2 is 2.21 bits per heavy atom. The van der Waals surface area contributed by atoms with Gasteiger partial charge in [-0.05, 0) is 6.42 Å². The smallest absolute Gasteiger partial charge is 0.410 e.